The number of aryl methyl sites for hydroxylation is 1. The molecule has 240 valence electrons. The van der Waals surface area contributed by atoms with Crippen molar-refractivity contribution in [2.75, 3.05) is 26.6 Å². The van der Waals surface area contributed by atoms with Crippen molar-refractivity contribution in [3.05, 3.63) is 45.6 Å². The first-order chi connectivity index (χ1) is 21.2. The molecule has 0 heterocycles. The van der Waals surface area contributed by atoms with Crippen LogP contribution in [-0.2, 0) is 16.0 Å². The third-order valence-corrected chi connectivity index (χ3v) is 8.72. The van der Waals surface area contributed by atoms with E-state index in [2.05, 4.69) is 29.8 Å². The van der Waals surface area contributed by atoms with Crippen LogP contribution in [0.4, 0.5) is 5.69 Å². The van der Waals surface area contributed by atoms with Crippen LogP contribution in [0.2, 0.25) is 0 Å². The highest BCUT2D eigenvalue weighted by atomic mass is 16.5. The maximum absolute atomic E-state index is 13.9. The molecule has 0 bridgehead atoms. The Morgan fingerprint density at radius 1 is 0.886 bits per heavy atom. The number of hydrogen-bond acceptors (Lipinski definition) is 7. The highest BCUT2D eigenvalue weighted by molar-refractivity contribution is 5.86. The SMILES string of the molecule is COc1cc2c(c(OC)c1OC)-c1ccc(NC(CC(C)C)C(=O)NC3CCCCCCC3)c(=O)cc1C(NC(C)=O)CC2. The largest absolute Gasteiger partial charge is 0.493 e. The Kier molecular flexibility index (Phi) is 11.5. The summed E-state index contributed by atoms with van der Waals surface area (Å²) >= 11 is 0. The number of benzene rings is 1. The predicted molar refractivity (Wildman–Crippen MR) is 174 cm³/mol. The van der Waals surface area contributed by atoms with Crippen molar-refractivity contribution < 1.29 is 23.8 Å². The number of methoxy groups -OCH3 is 3. The van der Waals surface area contributed by atoms with Crippen LogP contribution < -0.4 is 35.6 Å². The molecule has 2 unspecified atom stereocenters. The minimum absolute atomic E-state index is 0.0725. The molecule has 2 aromatic carbocycles. The standard InChI is InChI=1S/C35H49N3O6/c1-21(2)18-29(35(41)37-24-12-10-8-7-9-11-13-24)38-28-17-15-25-26(20-30(28)40)27(36-22(3)39)16-14-23-19-31(42-4)33(43-5)34(44-6)32(23)25/h15,17,19-21,24,27,29H,7-14,16,18H2,1-6H3,(H,36,39)(H,37,41)(H,38,40). The van der Waals surface area contributed by atoms with Crippen LogP contribution in [0.15, 0.2) is 29.1 Å². The fraction of sp³-hybridized carbons (Fsp3) is 0.571. The van der Waals surface area contributed by atoms with Crippen LogP contribution in [-0.4, -0.2) is 45.2 Å². The molecule has 9 nitrogen and oxygen atoms in total. The molecule has 1 saturated carbocycles. The molecule has 2 aliphatic carbocycles. The molecule has 1 fully saturated rings. The van der Waals surface area contributed by atoms with Gasteiger partial charge >= 0.3 is 0 Å². The number of carbonyl (C=O) groups is 2. The summed E-state index contributed by atoms with van der Waals surface area (Å²) in [6.07, 6.45) is 9.66. The van der Waals surface area contributed by atoms with Crippen LogP contribution in [0.25, 0.3) is 11.1 Å². The van der Waals surface area contributed by atoms with E-state index in [0.717, 1.165) is 42.4 Å². The zero-order valence-corrected chi connectivity index (χ0v) is 27.1. The van der Waals surface area contributed by atoms with Gasteiger partial charge in [-0.25, -0.2) is 0 Å². The third kappa shape index (κ3) is 7.85. The van der Waals surface area contributed by atoms with Crippen molar-refractivity contribution in [3.8, 4) is 28.4 Å². The first kappa shape index (κ1) is 33.1. The fourth-order valence-electron chi connectivity index (χ4n) is 6.62. The number of amides is 2. The quantitative estimate of drug-likeness (QED) is 0.307. The summed E-state index contributed by atoms with van der Waals surface area (Å²) in [7, 11) is 4.72. The second-order valence-corrected chi connectivity index (χ2v) is 12.5. The molecule has 0 saturated heterocycles. The minimum atomic E-state index is -0.562. The fourth-order valence-corrected chi connectivity index (χ4v) is 6.62. The molecule has 2 aliphatic rings. The highest BCUT2D eigenvalue weighted by Gasteiger charge is 2.30. The summed E-state index contributed by atoms with van der Waals surface area (Å²) in [5, 5.41) is 9.65. The molecule has 44 heavy (non-hydrogen) atoms. The monoisotopic (exact) mass is 607 g/mol. The second kappa shape index (κ2) is 15.3. The lowest BCUT2D eigenvalue weighted by Crippen LogP contribution is -2.45. The van der Waals surface area contributed by atoms with Gasteiger partial charge in [-0.2, -0.15) is 0 Å². The van der Waals surface area contributed by atoms with Gasteiger partial charge in [0.1, 0.15) is 6.04 Å². The van der Waals surface area contributed by atoms with Crippen molar-refractivity contribution >= 4 is 17.5 Å². The Morgan fingerprint density at radius 2 is 1.57 bits per heavy atom. The van der Waals surface area contributed by atoms with Gasteiger partial charge in [0, 0.05) is 18.5 Å². The van der Waals surface area contributed by atoms with E-state index in [1.54, 1.807) is 33.5 Å². The molecular weight excluding hydrogens is 558 g/mol. The van der Waals surface area contributed by atoms with E-state index < -0.39 is 12.1 Å². The van der Waals surface area contributed by atoms with Crippen LogP contribution in [0.1, 0.15) is 95.7 Å². The van der Waals surface area contributed by atoms with Gasteiger partial charge in [-0.15, -0.1) is 0 Å². The first-order valence-electron chi connectivity index (χ1n) is 16.0. The van der Waals surface area contributed by atoms with E-state index in [1.165, 1.54) is 26.2 Å². The Labute approximate surface area is 261 Å². The van der Waals surface area contributed by atoms with Gasteiger partial charge in [-0.05, 0) is 72.9 Å². The van der Waals surface area contributed by atoms with Crippen molar-refractivity contribution in [1.82, 2.24) is 10.6 Å². The normalized spacial score (nSPS) is 17.6. The lowest BCUT2D eigenvalue weighted by Gasteiger charge is -2.26. The number of anilines is 1. The van der Waals surface area contributed by atoms with Gasteiger partial charge in [0.05, 0.1) is 33.1 Å². The van der Waals surface area contributed by atoms with Gasteiger partial charge in [-0.3, -0.25) is 14.4 Å². The maximum Gasteiger partial charge on any atom is 0.242 e. The maximum atomic E-state index is 13.9. The molecule has 4 rings (SSSR count). The molecular formula is C35H49N3O6. The van der Waals surface area contributed by atoms with Gasteiger partial charge in [0.25, 0.3) is 0 Å². The average molecular weight is 608 g/mol. The topological polar surface area (TPSA) is 115 Å². The van der Waals surface area contributed by atoms with E-state index >= 15 is 0 Å². The Morgan fingerprint density at radius 3 is 2.18 bits per heavy atom. The van der Waals surface area contributed by atoms with Crippen LogP contribution in [0.3, 0.4) is 0 Å². The zero-order valence-electron chi connectivity index (χ0n) is 27.1. The minimum Gasteiger partial charge on any atom is -0.493 e. The Hall–Kier alpha value is -3.75. The smallest absolute Gasteiger partial charge is 0.242 e. The van der Waals surface area contributed by atoms with Gasteiger partial charge in [0.15, 0.2) is 11.5 Å². The number of rotatable bonds is 10. The van der Waals surface area contributed by atoms with E-state index in [9.17, 15) is 14.4 Å². The molecule has 0 spiro atoms. The van der Waals surface area contributed by atoms with Crippen molar-refractivity contribution in [3.63, 3.8) is 0 Å². The molecule has 0 radical (unpaired) electrons. The van der Waals surface area contributed by atoms with Gasteiger partial charge in [0.2, 0.25) is 23.0 Å². The van der Waals surface area contributed by atoms with Gasteiger partial charge in [-0.1, -0.05) is 52.0 Å². The van der Waals surface area contributed by atoms with Crippen molar-refractivity contribution in [2.45, 2.75) is 103 Å². The third-order valence-electron chi connectivity index (χ3n) is 8.72. The summed E-state index contributed by atoms with van der Waals surface area (Å²) in [5.41, 5.74) is 3.25. The highest BCUT2D eigenvalue weighted by Crippen LogP contribution is 2.50. The van der Waals surface area contributed by atoms with Crippen LogP contribution >= 0.6 is 0 Å². The van der Waals surface area contributed by atoms with Crippen molar-refractivity contribution in [2.24, 2.45) is 5.92 Å². The van der Waals surface area contributed by atoms with E-state index in [0.29, 0.717) is 47.8 Å². The molecule has 0 aliphatic heterocycles. The zero-order chi connectivity index (χ0) is 31.8. The number of carbonyl (C=O) groups excluding carboxylic acids is 2. The number of nitrogens with one attached hydrogen (secondary N) is 3. The first-order valence-corrected chi connectivity index (χ1v) is 16.0. The van der Waals surface area contributed by atoms with E-state index in [4.69, 9.17) is 14.2 Å². The van der Waals surface area contributed by atoms with E-state index in [-0.39, 0.29) is 29.2 Å². The molecule has 2 atom stereocenters. The molecule has 0 aromatic heterocycles. The Balaban J connectivity index is 1.79. The summed E-state index contributed by atoms with van der Waals surface area (Å²) in [5.74, 6) is 1.47. The molecule has 9 heteroatoms. The van der Waals surface area contributed by atoms with Crippen LogP contribution in [0.5, 0.6) is 17.2 Å². The van der Waals surface area contributed by atoms with Gasteiger partial charge < -0.3 is 30.2 Å². The van der Waals surface area contributed by atoms with Crippen LogP contribution in [0, 0.1) is 5.92 Å². The summed E-state index contributed by atoms with van der Waals surface area (Å²) in [4.78, 5) is 39.8. The lowest BCUT2D eigenvalue weighted by atomic mass is 9.95. The lowest BCUT2D eigenvalue weighted by molar-refractivity contribution is -0.123. The molecule has 2 aromatic rings. The average Bonchev–Trinajstić information content (AvgIpc) is 3.21. The Bertz CT molecular complexity index is 1380. The number of hydrogen-bond donors (Lipinski definition) is 3. The van der Waals surface area contributed by atoms with Crippen molar-refractivity contribution in [1.29, 1.82) is 0 Å². The van der Waals surface area contributed by atoms with E-state index in [1.807, 2.05) is 12.1 Å². The number of fused-ring (bicyclic) bond motifs is 3. The summed E-state index contributed by atoms with van der Waals surface area (Å²) in [6.45, 7) is 5.63. The molecule has 2 amide bonds. The summed E-state index contributed by atoms with van der Waals surface area (Å²) < 4.78 is 17.2. The molecule has 3 N–H and O–H groups in total. The second-order valence-electron chi connectivity index (χ2n) is 12.5. The number of ether oxygens (including phenoxy) is 3. The predicted octanol–water partition coefficient (Wildman–Crippen LogP) is 5.92. The summed E-state index contributed by atoms with van der Waals surface area (Å²) in [6, 6.07) is 6.33.